The van der Waals surface area contributed by atoms with Crippen LogP contribution in [0.5, 0.6) is 0 Å². The van der Waals surface area contributed by atoms with Crippen molar-refractivity contribution in [3.05, 3.63) is 0 Å². The lowest BCUT2D eigenvalue weighted by atomic mass is 9.98. The fraction of sp³-hybridized carbons (Fsp3) is 1.00. The summed E-state index contributed by atoms with van der Waals surface area (Å²) in [4.78, 5) is 2.35. The summed E-state index contributed by atoms with van der Waals surface area (Å²) in [6.45, 7) is 1.99. The quantitative estimate of drug-likeness (QED) is 0.734. The fourth-order valence-electron chi connectivity index (χ4n) is 2.30. The number of nitrogens with one attached hydrogen (secondary N) is 1. The Morgan fingerprint density at radius 3 is 2.53 bits per heavy atom. The Balaban J connectivity index is 1.72. The first-order valence-electron chi connectivity index (χ1n) is 5.60. The zero-order chi connectivity index (χ0) is 10.9. The monoisotopic (exact) mass is 222 g/mol. The molecule has 2 rings (SSSR count). The lowest BCUT2D eigenvalue weighted by Gasteiger charge is -2.33. The van der Waals surface area contributed by atoms with Crippen LogP contribution in [-0.4, -0.2) is 36.9 Å². The number of hydrogen-bond donors (Lipinski definition) is 1. The molecule has 0 spiro atoms. The van der Waals surface area contributed by atoms with Crippen molar-refractivity contribution < 1.29 is 13.2 Å². The second-order valence-corrected chi connectivity index (χ2v) is 4.61. The Morgan fingerprint density at radius 2 is 1.93 bits per heavy atom. The normalized spacial score (nSPS) is 29.4. The molecular weight excluding hydrogens is 205 g/mol. The molecule has 1 heterocycles. The average molecular weight is 222 g/mol. The number of piperidine rings is 1. The predicted molar refractivity (Wildman–Crippen MR) is 51.4 cm³/mol. The van der Waals surface area contributed by atoms with E-state index in [0.29, 0.717) is 6.04 Å². The molecule has 1 aliphatic heterocycles. The van der Waals surface area contributed by atoms with Crippen LogP contribution in [0.2, 0.25) is 0 Å². The van der Waals surface area contributed by atoms with Gasteiger partial charge < -0.3 is 4.90 Å². The average Bonchev–Trinajstić information content (AvgIpc) is 2.97. The maximum absolute atomic E-state index is 12.0. The molecule has 0 aromatic heterocycles. The number of hydrogen-bond acceptors (Lipinski definition) is 2. The molecule has 2 fully saturated rings. The maximum atomic E-state index is 12.0. The summed E-state index contributed by atoms with van der Waals surface area (Å²) in [6.07, 6.45) is 0.216. The standard InChI is InChI=1S/C10H17F3N2/c11-10(12,13)14-6-8-2-1-5-15(7-8)9-3-4-9/h8-9,14H,1-7H2/t8-/m1/s1. The summed E-state index contributed by atoms with van der Waals surface area (Å²) in [7, 11) is 0. The van der Waals surface area contributed by atoms with Crippen LogP contribution in [0.4, 0.5) is 13.2 Å². The lowest BCUT2D eigenvalue weighted by molar-refractivity contribution is -0.159. The van der Waals surface area contributed by atoms with Crippen LogP contribution in [0, 0.1) is 5.92 Å². The van der Waals surface area contributed by atoms with Gasteiger partial charge in [-0.05, 0) is 38.1 Å². The van der Waals surface area contributed by atoms with Gasteiger partial charge in [-0.15, -0.1) is 0 Å². The molecule has 0 amide bonds. The van der Waals surface area contributed by atoms with E-state index in [1.807, 2.05) is 0 Å². The van der Waals surface area contributed by atoms with E-state index in [-0.39, 0.29) is 12.5 Å². The molecule has 2 nitrogen and oxygen atoms in total. The van der Waals surface area contributed by atoms with E-state index >= 15 is 0 Å². The summed E-state index contributed by atoms with van der Waals surface area (Å²) >= 11 is 0. The largest absolute Gasteiger partial charge is 0.457 e. The van der Waals surface area contributed by atoms with Crippen LogP contribution in [0.25, 0.3) is 0 Å². The highest BCUT2D eigenvalue weighted by Crippen LogP contribution is 2.30. The number of rotatable bonds is 3. The number of nitrogens with zero attached hydrogens (tertiary/aromatic N) is 1. The zero-order valence-electron chi connectivity index (χ0n) is 8.69. The van der Waals surface area contributed by atoms with Crippen molar-refractivity contribution in [3.8, 4) is 0 Å². The van der Waals surface area contributed by atoms with E-state index in [9.17, 15) is 13.2 Å². The Hall–Kier alpha value is -0.290. The molecule has 1 N–H and O–H groups in total. The zero-order valence-corrected chi connectivity index (χ0v) is 8.69. The van der Waals surface area contributed by atoms with Crippen molar-refractivity contribution in [2.75, 3.05) is 19.6 Å². The Morgan fingerprint density at radius 1 is 1.20 bits per heavy atom. The summed E-state index contributed by atoms with van der Waals surface area (Å²) in [5, 5.41) is 1.64. The highest BCUT2D eigenvalue weighted by Gasteiger charge is 2.34. The minimum Gasteiger partial charge on any atom is -0.300 e. The highest BCUT2D eigenvalue weighted by atomic mass is 19.4. The van der Waals surface area contributed by atoms with Crippen LogP contribution in [-0.2, 0) is 0 Å². The van der Waals surface area contributed by atoms with Gasteiger partial charge in [0.25, 0.3) is 0 Å². The van der Waals surface area contributed by atoms with Gasteiger partial charge in [0, 0.05) is 19.1 Å². The van der Waals surface area contributed by atoms with Gasteiger partial charge in [0.2, 0.25) is 0 Å². The van der Waals surface area contributed by atoms with E-state index in [2.05, 4.69) is 4.90 Å². The van der Waals surface area contributed by atoms with Crippen molar-refractivity contribution in [1.82, 2.24) is 10.2 Å². The minimum atomic E-state index is -4.22. The second kappa shape index (κ2) is 4.29. The van der Waals surface area contributed by atoms with Crippen molar-refractivity contribution in [2.24, 2.45) is 5.92 Å². The van der Waals surface area contributed by atoms with E-state index in [1.54, 1.807) is 5.32 Å². The molecular formula is C10H17F3N2. The molecule has 5 heteroatoms. The number of likely N-dealkylation sites (tertiary alicyclic amines) is 1. The van der Waals surface area contributed by atoms with Gasteiger partial charge in [0.1, 0.15) is 0 Å². The number of alkyl halides is 3. The smallest absolute Gasteiger partial charge is 0.300 e. The molecule has 15 heavy (non-hydrogen) atoms. The minimum absolute atomic E-state index is 0.0761. The first-order chi connectivity index (χ1) is 7.04. The molecule has 1 saturated carbocycles. The van der Waals surface area contributed by atoms with Crippen LogP contribution in [0.15, 0.2) is 0 Å². The van der Waals surface area contributed by atoms with Gasteiger partial charge in [-0.3, -0.25) is 0 Å². The summed E-state index contributed by atoms with van der Waals surface area (Å²) in [5.74, 6) is 0.168. The van der Waals surface area contributed by atoms with E-state index < -0.39 is 6.30 Å². The molecule has 0 aromatic carbocycles. The Bertz CT molecular complexity index is 213. The van der Waals surface area contributed by atoms with E-state index in [1.165, 1.54) is 12.8 Å². The fourth-order valence-corrected chi connectivity index (χ4v) is 2.30. The van der Waals surface area contributed by atoms with Crippen LogP contribution >= 0.6 is 0 Å². The third-order valence-electron chi connectivity index (χ3n) is 3.20. The van der Waals surface area contributed by atoms with Crippen molar-refractivity contribution in [1.29, 1.82) is 0 Å². The van der Waals surface area contributed by atoms with Gasteiger partial charge in [-0.1, -0.05) is 0 Å². The number of halogens is 3. The molecule has 0 bridgehead atoms. The Labute approximate surface area is 87.8 Å². The topological polar surface area (TPSA) is 15.3 Å². The third-order valence-corrected chi connectivity index (χ3v) is 3.20. The SMILES string of the molecule is FC(F)(F)NC[C@H]1CCCN(C2CC2)C1. The van der Waals surface area contributed by atoms with Crippen LogP contribution in [0.1, 0.15) is 25.7 Å². The van der Waals surface area contributed by atoms with Crippen molar-refractivity contribution >= 4 is 0 Å². The first-order valence-corrected chi connectivity index (χ1v) is 5.60. The van der Waals surface area contributed by atoms with Crippen LogP contribution in [0.3, 0.4) is 0 Å². The molecule has 1 atom stereocenters. The lowest BCUT2D eigenvalue weighted by Crippen LogP contribution is -2.43. The third kappa shape index (κ3) is 3.65. The van der Waals surface area contributed by atoms with E-state index in [0.717, 1.165) is 25.9 Å². The molecule has 0 unspecified atom stereocenters. The van der Waals surface area contributed by atoms with Gasteiger partial charge >= 0.3 is 6.30 Å². The second-order valence-electron chi connectivity index (χ2n) is 4.61. The summed E-state index contributed by atoms with van der Waals surface area (Å²) < 4.78 is 35.9. The van der Waals surface area contributed by atoms with Gasteiger partial charge in [0.15, 0.2) is 0 Å². The molecule has 0 aromatic rings. The molecule has 1 saturated heterocycles. The summed E-state index contributed by atoms with van der Waals surface area (Å²) in [6, 6.07) is 0.679. The molecule has 1 aliphatic carbocycles. The Kier molecular flexibility index (Phi) is 3.21. The van der Waals surface area contributed by atoms with Gasteiger partial charge in [-0.2, -0.15) is 13.2 Å². The highest BCUT2D eigenvalue weighted by molar-refractivity contribution is 4.88. The summed E-state index contributed by atoms with van der Waals surface area (Å²) in [5.41, 5.74) is 0. The van der Waals surface area contributed by atoms with Crippen LogP contribution < -0.4 is 5.32 Å². The van der Waals surface area contributed by atoms with E-state index in [4.69, 9.17) is 0 Å². The molecule has 88 valence electrons. The predicted octanol–water partition coefficient (Wildman–Crippen LogP) is 1.97. The molecule has 2 aliphatic rings. The van der Waals surface area contributed by atoms with Gasteiger partial charge in [0.05, 0.1) is 0 Å². The van der Waals surface area contributed by atoms with Crippen molar-refractivity contribution in [3.63, 3.8) is 0 Å². The van der Waals surface area contributed by atoms with Crippen molar-refractivity contribution in [2.45, 2.75) is 38.0 Å². The molecule has 0 radical (unpaired) electrons. The maximum Gasteiger partial charge on any atom is 0.457 e. The van der Waals surface area contributed by atoms with Gasteiger partial charge in [-0.25, -0.2) is 5.32 Å². The first kappa shape index (κ1) is 11.2.